The van der Waals surface area contributed by atoms with Crippen LogP contribution in [0.2, 0.25) is 0 Å². The Bertz CT molecular complexity index is 602. The highest BCUT2D eigenvalue weighted by molar-refractivity contribution is 5.78. The van der Waals surface area contributed by atoms with Crippen molar-refractivity contribution >= 4 is 11.7 Å². The van der Waals surface area contributed by atoms with Gasteiger partial charge in [-0.2, -0.15) is 5.26 Å². The van der Waals surface area contributed by atoms with E-state index in [0.29, 0.717) is 25.4 Å². The number of piperazine rings is 1. The van der Waals surface area contributed by atoms with Crippen LogP contribution in [0.3, 0.4) is 0 Å². The van der Waals surface area contributed by atoms with E-state index in [-0.39, 0.29) is 5.91 Å². The van der Waals surface area contributed by atoms with Gasteiger partial charge < -0.3 is 10.2 Å². The SMILES string of the molecule is Cc1cc(N2CCN(CC(=O)NCCC#N)CC2)nc(C(C)C)n1. The summed E-state index contributed by atoms with van der Waals surface area (Å²) in [6, 6.07) is 4.04. The van der Waals surface area contributed by atoms with Gasteiger partial charge in [0.2, 0.25) is 5.91 Å². The third-order valence-electron chi connectivity index (χ3n) is 4.00. The maximum absolute atomic E-state index is 11.8. The lowest BCUT2D eigenvalue weighted by Crippen LogP contribution is -2.49. The molecule has 2 rings (SSSR count). The molecule has 130 valence electrons. The second-order valence-electron chi connectivity index (χ2n) is 6.40. The van der Waals surface area contributed by atoms with Gasteiger partial charge in [-0.25, -0.2) is 9.97 Å². The Labute approximate surface area is 143 Å². The molecule has 1 aromatic rings. The van der Waals surface area contributed by atoms with E-state index in [1.54, 1.807) is 0 Å². The molecule has 7 nitrogen and oxygen atoms in total. The van der Waals surface area contributed by atoms with Gasteiger partial charge in [0.15, 0.2) is 0 Å². The van der Waals surface area contributed by atoms with Gasteiger partial charge >= 0.3 is 0 Å². The van der Waals surface area contributed by atoms with Crippen LogP contribution in [0, 0.1) is 18.3 Å². The smallest absolute Gasteiger partial charge is 0.234 e. The van der Waals surface area contributed by atoms with Crippen LogP contribution in [-0.2, 0) is 4.79 Å². The number of hydrogen-bond donors (Lipinski definition) is 1. The topological polar surface area (TPSA) is 85.1 Å². The Morgan fingerprint density at radius 2 is 2.04 bits per heavy atom. The highest BCUT2D eigenvalue weighted by atomic mass is 16.2. The Balaban J connectivity index is 1.87. The average Bonchev–Trinajstić information content (AvgIpc) is 2.55. The van der Waals surface area contributed by atoms with Crippen LogP contribution in [-0.4, -0.2) is 60.0 Å². The molecule has 7 heteroatoms. The van der Waals surface area contributed by atoms with E-state index in [1.165, 1.54) is 0 Å². The molecule has 1 saturated heterocycles. The largest absolute Gasteiger partial charge is 0.354 e. The number of carbonyl (C=O) groups is 1. The molecular formula is C17H26N6O. The number of aromatic nitrogens is 2. The first-order valence-corrected chi connectivity index (χ1v) is 8.46. The highest BCUT2D eigenvalue weighted by Crippen LogP contribution is 2.18. The van der Waals surface area contributed by atoms with Gasteiger partial charge in [0, 0.05) is 50.4 Å². The lowest BCUT2D eigenvalue weighted by Gasteiger charge is -2.35. The summed E-state index contributed by atoms with van der Waals surface area (Å²) in [5, 5.41) is 11.2. The van der Waals surface area contributed by atoms with Crippen molar-refractivity contribution in [3.05, 3.63) is 17.6 Å². The third-order valence-corrected chi connectivity index (χ3v) is 4.00. The van der Waals surface area contributed by atoms with Gasteiger partial charge in [-0.15, -0.1) is 0 Å². The molecule has 1 amide bonds. The van der Waals surface area contributed by atoms with Gasteiger partial charge in [-0.05, 0) is 6.92 Å². The number of amides is 1. The summed E-state index contributed by atoms with van der Waals surface area (Å²) < 4.78 is 0. The molecular weight excluding hydrogens is 304 g/mol. The molecule has 0 aliphatic carbocycles. The first-order valence-electron chi connectivity index (χ1n) is 8.46. The molecule has 1 N–H and O–H groups in total. The molecule has 0 atom stereocenters. The summed E-state index contributed by atoms with van der Waals surface area (Å²) in [6.07, 6.45) is 0.352. The van der Waals surface area contributed by atoms with Crippen LogP contribution in [0.4, 0.5) is 5.82 Å². The number of anilines is 1. The van der Waals surface area contributed by atoms with Crippen molar-refractivity contribution in [1.29, 1.82) is 5.26 Å². The molecule has 2 heterocycles. The van der Waals surface area contributed by atoms with Gasteiger partial charge in [0.05, 0.1) is 19.0 Å². The zero-order valence-electron chi connectivity index (χ0n) is 14.7. The van der Waals surface area contributed by atoms with Crippen LogP contribution >= 0.6 is 0 Å². The first-order chi connectivity index (χ1) is 11.5. The molecule has 0 radical (unpaired) electrons. The fourth-order valence-electron chi connectivity index (χ4n) is 2.65. The van der Waals surface area contributed by atoms with Crippen molar-refractivity contribution in [2.24, 2.45) is 0 Å². The molecule has 0 aromatic carbocycles. The predicted octanol–water partition coefficient (Wildman–Crippen LogP) is 1.06. The fourth-order valence-corrected chi connectivity index (χ4v) is 2.65. The van der Waals surface area contributed by atoms with Crippen molar-refractivity contribution < 1.29 is 4.79 Å². The number of hydrogen-bond acceptors (Lipinski definition) is 6. The molecule has 1 aliphatic heterocycles. The molecule has 1 aromatic heterocycles. The Morgan fingerprint density at radius 3 is 2.67 bits per heavy atom. The third kappa shape index (κ3) is 5.17. The van der Waals surface area contributed by atoms with Crippen molar-refractivity contribution in [3.63, 3.8) is 0 Å². The van der Waals surface area contributed by atoms with E-state index in [4.69, 9.17) is 5.26 Å². The van der Waals surface area contributed by atoms with Gasteiger partial charge in [-0.1, -0.05) is 13.8 Å². The molecule has 0 unspecified atom stereocenters. The van der Waals surface area contributed by atoms with Gasteiger partial charge in [0.25, 0.3) is 0 Å². The minimum Gasteiger partial charge on any atom is -0.354 e. The molecule has 0 spiro atoms. The maximum atomic E-state index is 11.8. The molecule has 0 saturated carbocycles. The van der Waals surface area contributed by atoms with E-state index in [9.17, 15) is 4.79 Å². The van der Waals surface area contributed by atoms with Gasteiger partial charge in [-0.3, -0.25) is 9.69 Å². The van der Waals surface area contributed by atoms with E-state index >= 15 is 0 Å². The lowest BCUT2D eigenvalue weighted by molar-refractivity contribution is -0.122. The Hall–Kier alpha value is -2.20. The second-order valence-corrected chi connectivity index (χ2v) is 6.40. The van der Waals surface area contributed by atoms with Crippen molar-refractivity contribution in [2.75, 3.05) is 44.2 Å². The van der Waals surface area contributed by atoms with E-state index in [2.05, 4.69) is 38.9 Å². The summed E-state index contributed by atoms with van der Waals surface area (Å²) in [4.78, 5) is 25.4. The highest BCUT2D eigenvalue weighted by Gasteiger charge is 2.20. The lowest BCUT2D eigenvalue weighted by atomic mass is 10.2. The summed E-state index contributed by atoms with van der Waals surface area (Å²) in [5.74, 6) is 2.15. The summed E-state index contributed by atoms with van der Waals surface area (Å²) in [7, 11) is 0. The van der Waals surface area contributed by atoms with Crippen LogP contribution in [0.1, 0.15) is 37.7 Å². The van der Waals surface area contributed by atoms with E-state index < -0.39 is 0 Å². The second kappa shape index (κ2) is 8.60. The number of aryl methyl sites for hydroxylation is 1. The zero-order valence-corrected chi connectivity index (χ0v) is 14.7. The summed E-state index contributed by atoms with van der Waals surface area (Å²) in [6.45, 7) is 10.4. The van der Waals surface area contributed by atoms with Crippen LogP contribution in [0.15, 0.2) is 6.07 Å². The number of rotatable bonds is 6. The van der Waals surface area contributed by atoms with E-state index in [1.807, 2.05) is 19.1 Å². The number of carbonyl (C=O) groups excluding carboxylic acids is 1. The van der Waals surface area contributed by atoms with Crippen molar-refractivity contribution in [2.45, 2.75) is 33.1 Å². The van der Waals surface area contributed by atoms with Gasteiger partial charge in [0.1, 0.15) is 11.6 Å². The van der Waals surface area contributed by atoms with Crippen molar-refractivity contribution in [1.82, 2.24) is 20.2 Å². The molecule has 1 fully saturated rings. The quantitative estimate of drug-likeness (QED) is 0.785. The molecule has 1 aliphatic rings. The summed E-state index contributed by atoms with van der Waals surface area (Å²) in [5.41, 5.74) is 0.989. The predicted molar refractivity (Wildman–Crippen MR) is 92.8 cm³/mol. The standard InChI is InChI=1S/C17H26N6O/c1-13(2)17-20-14(3)11-15(21-17)23-9-7-22(8-10-23)12-16(24)19-6-4-5-18/h11,13H,4,6-10,12H2,1-3H3,(H,19,24). The van der Waals surface area contributed by atoms with E-state index in [0.717, 1.165) is 43.5 Å². The fraction of sp³-hybridized carbons (Fsp3) is 0.647. The Kier molecular flexibility index (Phi) is 6.50. The number of nitrogens with zero attached hydrogens (tertiary/aromatic N) is 5. The van der Waals surface area contributed by atoms with Crippen LogP contribution in [0.25, 0.3) is 0 Å². The van der Waals surface area contributed by atoms with Crippen LogP contribution < -0.4 is 10.2 Å². The minimum absolute atomic E-state index is 0.0151. The minimum atomic E-state index is -0.0151. The monoisotopic (exact) mass is 330 g/mol. The maximum Gasteiger partial charge on any atom is 0.234 e. The normalized spacial score (nSPS) is 15.4. The molecule has 24 heavy (non-hydrogen) atoms. The molecule has 0 bridgehead atoms. The average molecular weight is 330 g/mol. The number of nitrogens with one attached hydrogen (secondary N) is 1. The zero-order chi connectivity index (χ0) is 17.5. The van der Waals surface area contributed by atoms with Crippen molar-refractivity contribution in [3.8, 4) is 6.07 Å². The first kappa shape index (κ1) is 18.1. The summed E-state index contributed by atoms with van der Waals surface area (Å²) >= 11 is 0. The van der Waals surface area contributed by atoms with Crippen LogP contribution in [0.5, 0.6) is 0 Å². The number of nitriles is 1. The Morgan fingerprint density at radius 1 is 1.33 bits per heavy atom.